The van der Waals surface area contributed by atoms with Crippen molar-refractivity contribution in [1.82, 2.24) is 10.2 Å². The molecular formula is C15H22N2O. The summed E-state index contributed by atoms with van der Waals surface area (Å²) in [4.78, 5) is 13.7. The Balaban J connectivity index is 1.57. The molecule has 3 nitrogen and oxygen atoms in total. The molecule has 1 aliphatic rings. The highest BCUT2D eigenvalue weighted by Crippen LogP contribution is 2.28. The first-order valence-electron chi connectivity index (χ1n) is 6.76. The summed E-state index contributed by atoms with van der Waals surface area (Å²) < 4.78 is 0. The fourth-order valence-electron chi connectivity index (χ4n) is 2.02. The van der Waals surface area contributed by atoms with Gasteiger partial charge in [-0.05, 0) is 38.4 Å². The molecule has 1 amide bonds. The number of hydrogen-bond acceptors (Lipinski definition) is 2. The van der Waals surface area contributed by atoms with Gasteiger partial charge in [-0.15, -0.1) is 0 Å². The molecule has 0 spiro atoms. The highest BCUT2D eigenvalue weighted by Gasteiger charge is 2.28. The second-order valence-corrected chi connectivity index (χ2v) is 5.14. The minimum absolute atomic E-state index is 0.251. The molecule has 3 heteroatoms. The monoisotopic (exact) mass is 246 g/mol. The van der Waals surface area contributed by atoms with Gasteiger partial charge in [0.05, 0.1) is 0 Å². The number of carbonyl (C=O) groups excluding carboxylic acids is 1. The van der Waals surface area contributed by atoms with Gasteiger partial charge in [0, 0.05) is 19.0 Å². The first-order chi connectivity index (χ1) is 8.75. The molecule has 0 unspecified atom stereocenters. The average molecular weight is 246 g/mol. The van der Waals surface area contributed by atoms with E-state index in [4.69, 9.17) is 0 Å². The summed E-state index contributed by atoms with van der Waals surface area (Å²) in [6.07, 6.45) is 3.18. The number of carbonyl (C=O) groups is 1. The van der Waals surface area contributed by atoms with Crippen LogP contribution >= 0.6 is 0 Å². The third kappa shape index (κ3) is 4.49. The van der Waals surface area contributed by atoms with Crippen LogP contribution in [0, 0.1) is 5.92 Å². The van der Waals surface area contributed by atoms with Crippen LogP contribution in [-0.4, -0.2) is 30.9 Å². The average Bonchev–Trinajstić information content (AvgIpc) is 3.20. The third-order valence-corrected chi connectivity index (χ3v) is 3.26. The summed E-state index contributed by atoms with van der Waals surface area (Å²) in [6.45, 7) is 2.78. The molecule has 0 radical (unpaired) electrons. The first kappa shape index (κ1) is 13.1. The van der Waals surface area contributed by atoms with Crippen molar-refractivity contribution in [2.45, 2.75) is 25.8 Å². The van der Waals surface area contributed by atoms with E-state index in [9.17, 15) is 4.79 Å². The SMILES string of the molecule is CN(CCCNC(=O)C1CC1)Cc1ccccc1. The predicted octanol–water partition coefficient (Wildman–Crippen LogP) is 2.03. The van der Waals surface area contributed by atoms with Crippen molar-refractivity contribution in [2.75, 3.05) is 20.1 Å². The predicted molar refractivity (Wildman–Crippen MR) is 73.1 cm³/mol. The zero-order valence-electron chi connectivity index (χ0n) is 11.1. The topological polar surface area (TPSA) is 32.3 Å². The Kier molecular flexibility index (Phi) is 4.76. The summed E-state index contributed by atoms with van der Waals surface area (Å²) in [6, 6.07) is 10.5. The van der Waals surface area contributed by atoms with E-state index < -0.39 is 0 Å². The molecule has 0 heterocycles. The second kappa shape index (κ2) is 6.55. The van der Waals surface area contributed by atoms with Crippen molar-refractivity contribution >= 4 is 5.91 Å². The second-order valence-electron chi connectivity index (χ2n) is 5.14. The summed E-state index contributed by atoms with van der Waals surface area (Å²) in [5.41, 5.74) is 1.34. The van der Waals surface area contributed by atoms with Crippen LogP contribution in [0.3, 0.4) is 0 Å². The Hall–Kier alpha value is -1.35. The van der Waals surface area contributed by atoms with Crippen molar-refractivity contribution in [3.05, 3.63) is 35.9 Å². The molecule has 1 fully saturated rings. The molecule has 0 bridgehead atoms. The highest BCUT2D eigenvalue weighted by molar-refractivity contribution is 5.80. The van der Waals surface area contributed by atoms with Gasteiger partial charge in [0.25, 0.3) is 0 Å². The van der Waals surface area contributed by atoms with Crippen LogP contribution in [0.25, 0.3) is 0 Å². The first-order valence-corrected chi connectivity index (χ1v) is 6.76. The van der Waals surface area contributed by atoms with E-state index in [0.717, 1.165) is 38.9 Å². The highest BCUT2D eigenvalue weighted by atomic mass is 16.2. The standard InChI is InChI=1S/C15H22N2O/c1-17(12-13-6-3-2-4-7-13)11-5-10-16-15(18)14-8-9-14/h2-4,6-7,14H,5,8-12H2,1H3,(H,16,18). The van der Waals surface area contributed by atoms with Crippen molar-refractivity contribution in [1.29, 1.82) is 0 Å². The van der Waals surface area contributed by atoms with Crippen LogP contribution in [0.2, 0.25) is 0 Å². The van der Waals surface area contributed by atoms with E-state index in [1.165, 1.54) is 5.56 Å². The molecule has 98 valence electrons. The van der Waals surface area contributed by atoms with Gasteiger partial charge in [-0.25, -0.2) is 0 Å². The maximum absolute atomic E-state index is 11.4. The molecular weight excluding hydrogens is 224 g/mol. The van der Waals surface area contributed by atoms with Crippen LogP contribution in [-0.2, 0) is 11.3 Å². The summed E-state index contributed by atoms with van der Waals surface area (Å²) in [5, 5.41) is 3.00. The minimum atomic E-state index is 0.251. The molecule has 0 saturated heterocycles. The normalized spacial score (nSPS) is 14.8. The summed E-state index contributed by atoms with van der Waals surface area (Å²) in [5.74, 6) is 0.577. The van der Waals surface area contributed by atoms with E-state index in [0.29, 0.717) is 5.92 Å². The van der Waals surface area contributed by atoms with Crippen LogP contribution in [0.15, 0.2) is 30.3 Å². The van der Waals surface area contributed by atoms with Gasteiger partial charge in [-0.1, -0.05) is 30.3 Å². The lowest BCUT2D eigenvalue weighted by Crippen LogP contribution is -2.29. The maximum atomic E-state index is 11.4. The summed E-state index contributed by atoms with van der Waals surface area (Å²) >= 11 is 0. The van der Waals surface area contributed by atoms with Crippen molar-refractivity contribution < 1.29 is 4.79 Å². The Bertz CT molecular complexity index is 373. The number of rotatable bonds is 7. The van der Waals surface area contributed by atoms with Crippen LogP contribution in [0.4, 0.5) is 0 Å². The number of nitrogens with one attached hydrogen (secondary N) is 1. The zero-order valence-corrected chi connectivity index (χ0v) is 11.1. The lowest BCUT2D eigenvalue weighted by Gasteiger charge is -2.16. The van der Waals surface area contributed by atoms with Gasteiger partial charge >= 0.3 is 0 Å². The fraction of sp³-hybridized carbons (Fsp3) is 0.533. The molecule has 1 aromatic carbocycles. The van der Waals surface area contributed by atoms with Crippen molar-refractivity contribution in [2.24, 2.45) is 5.92 Å². The molecule has 1 N–H and O–H groups in total. The van der Waals surface area contributed by atoms with Crippen molar-refractivity contribution in [3.63, 3.8) is 0 Å². The van der Waals surface area contributed by atoms with E-state index in [1.54, 1.807) is 0 Å². The Labute approximate surface area is 109 Å². The van der Waals surface area contributed by atoms with E-state index in [-0.39, 0.29) is 5.91 Å². The maximum Gasteiger partial charge on any atom is 0.223 e. The smallest absolute Gasteiger partial charge is 0.223 e. The largest absolute Gasteiger partial charge is 0.356 e. The van der Waals surface area contributed by atoms with Gasteiger partial charge in [-0.3, -0.25) is 4.79 Å². The number of hydrogen-bond donors (Lipinski definition) is 1. The van der Waals surface area contributed by atoms with Crippen molar-refractivity contribution in [3.8, 4) is 0 Å². The Morgan fingerprint density at radius 3 is 2.72 bits per heavy atom. The van der Waals surface area contributed by atoms with Gasteiger partial charge in [0.2, 0.25) is 5.91 Å². The minimum Gasteiger partial charge on any atom is -0.356 e. The molecule has 0 aliphatic heterocycles. The fourth-order valence-corrected chi connectivity index (χ4v) is 2.02. The summed E-state index contributed by atoms with van der Waals surface area (Å²) in [7, 11) is 2.12. The molecule has 0 aromatic heterocycles. The zero-order chi connectivity index (χ0) is 12.8. The molecule has 0 atom stereocenters. The Morgan fingerprint density at radius 1 is 1.33 bits per heavy atom. The van der Waals surface area contributed by atoms with Crippen LogP contribution < -0.4 is 5.32 Å². The quantitative estimate of drug-likeness (QED) is 0.747. The molecule has 18 heavy (non-hydrogen) atoms. The Morgan fingerprint density at radius 2 is 2.06 bits per heavy atom. The molecule has 2 rings (SSSR count). The van der Waals surface area contributed by atoms with Crippen LogP contribution in [0.1, 0.15) is 24.8 Å². The van der Waals surface area contributed by atoms with Gasteiger partial charge < -0.3 is 10.2 Å². The molecule has 1 aromatic rings. The van der Waals surface area contributed by atoms with E-state index >= 15 is 0 Å². The molecule has 1 saturated carbocycles. The van der Waals surface area contributed by atoms with Gasteiger partial charge in [-0.2, -0.15) is 0 Å². The van der Waals surface area contributed by atoms with Crippen LogP contribution in [0.5, 0.6) is 0 Å². The van der Waals surface area contributed by atoms with E-state index in [2.05, 4.69) is 41.5 Å². The molecule has 1 aliphatic carbocycles. The third-order valence-electron chi connectivity index (χ3n) is 3.26. The number of benzene rings is 1. The number of amides is 1. The van der Waals surface area contributed by atoms with E-state index in [1.807, 2.05) is 6.07 Å². The lowest BCUT2D eigenvalue weighted by molar-refractivity contribution is -0.122. The number of nitrogens with zero attached hydrogens (tertiary/aromatic N) is 1. The lowest BCUT2D eigenvalue weighted by atomic mass is 10.2. The van der Waals surface area contributed by atoms with Gasteiger partial charge in [0.15, 0.2) is 0 Å². The van der Waals surface area contributed by atoms with Gasteiger partial charge in [0.1, 0.15) is 0 Å².